The zero-order valence-corrected chi connectivity index (χ0v) is 15.3. The van der Waals surface area contributed by atoms with E-state index in [2.05, 4.69) is 19.9 Å². The van der Waals surface area contributed by atoms with Gasteiger partial charge in [0.15, 0.2) is 11.6 Å². The van der Waals surface area contributed by atoms with E-state index in [9.17, 15) is 18.1 Å². The molecule has 0 unspecified atom stereocenters. The Morgan fingerprint density at radius 3 is 2.57 bits per heavy atom. The van der Waals surface area contributed by atoms with Crippen LogP contribution in [0.1, 0.15) is 5.56 Å². The summed E-state index contributed by atoms with van der Waals surface area (Å²) in [6.45, 7) is -0.464. The number of nitrogens with zero attached hydrogens (tertiary/aromatic N) is 3. The van der Waals surface area contributed by atoms with E-state index < -0.39 is 24.1 Å². The highest BCUT2D eigenvalue weighted by molar-refractivity contribution is 8.00. The van der Waals surface area contributed by atoms with Crippen molar-refractivity contribution >= 4 is 36.8 Å². The summed E-state index contributed by atoms with van der Waals surface area (Å²) in [4.78, 5) is 18.7. The van der Waals surface area contributed by atoms with Crippen molar-refractivity contribution in [2.75, 3.05) is 4.72 Å². The molecule has 3 aromatic rings. The molecule has 1 N–H and O–H groups in total. The van der Waals surface area contributed by atoms with Crippen LogP contribution in [0, 0.1) is 22.4 Å². The number of anilines is 1. The molecular weight excluding hydrogens is 392 g/mol. The van der Waals surface area contributed by atoms with Gasteiger partial charge in [0, 0.05) is 0 Å². The Labute approximate surface area is 163 Å². The number of halogens is 3. The summed E-state index contributed by atoms with van der Waals surface area (Å²) in [6.07, 6.45) is 0.858. The third-order valence-electron chi connectivity index (χ3n) is 3.57. The molecule has 0 radical (unpaired) electrons. The molecule has 3 rings (SSSR count). The third kappa shape index (κ3) is 4.60. The van der Waals surface area contributed by atoms with Crippen molar-refractivity contribution in [2.24, 2.45) is 5.18 Å². The molecule has 2 aromatic carbocycles. The molecule has 0 saturated heterocycles. The molecule has 0 aliphatic heterocycles. The van der Waals surface area contributed by atoms with Crippen LogP contribution in [-0.4, -0.2) is 17.8 Å². The van der Waals surface area contributed by atoms with E-state index in [1.807, 2.05) is 0 Å². The molecule has 0 aliphatic carbocycles. The van der Waals surface area contributed by atoms with Crippen LogP contribution in [0.15, 0.2) is 52.7 Å². The number of nitrogens with one attached hydrogen (secondary N) is 1. The average Bonchev–Trinajstić information content (AvgIpc) is 2.67. The second-order valence-corrected chi connectivity index (χ2v) is 6.46. The van der Waals surface area contributed by atoms with Crippen molar-refractivity contribution < 1.29 is 17.9 Å². The van der Waals surface area contributed by atoms with E-state index in [-0.39, 0.29) is 23.1 Å². The van der Waals surface area contributed by atoms with Gasteiger partial charge in [0.25, 0.3) is 0 Å². The van der Waals surface area contributed by atoms with Crippen LogP contribution in [0.4, 0.5) is 24.7 Å². The minimum atomic E-state index is -0.774. The van der Waals surface area contributed by atoms with Gasteiger partial charge in [-0.15, -0.1) is 4.91 Å². The fourth-order valence-electron chi connectivity index (χ4n) is 2.22. The van der Waals surface area contributed by atoms with Crippen molar-refractivity contribution in [3.8, 4) is 6.01 Å². The van der Waals surface area contributed by atoms with Gasteiger partial charge in [-0.1, -0.05) is 17.6 Å². The number of hydrogen-bond donors (Lipinski definition) is 1. The Morgan fingerprint density at radius 2 is 1.86 bits per heavy atom. The molecule has 0 spiro atoms. The van der Waals surface area contributed by atoms with E-state index >= 15 is 0 Å². The highest BCUT2D eigenvalue weighted by Crippen LogP contribution is 2.30. The third-order valence-corrected chi connectivity index (χ3v) is 4.43. The number of nitroso groups, excluding NO2 is 1. The van der Waals surface area contributed by atoms with E-state index in [0.717, 1.165) is 18.1 Å². The second-order valence-electron chi connectivity index (χ2n) is 5.61. The van der Waals surface area contributed by atoms with Crippen LogP contribution in [0.5, 0.6) is 6.01 Å². The summed E-state index contributed by atoms with van der Waals surface area (Å²) in [5, 5.41) is 2.88. The second kappa shape index (κ2) is 8.74. The first-order chi connectivity index (χ1) is 13.5. The monoisotopic (exact) mass is 404 g/mol. The summed E-state index contributed by atoms with van der Waals surface area (Å²) in [5.41, 5.74) is 0.329. The number of rotatable bonds is 7. The van der Waals surface area contributed by atoms with Gasteiger partial charge in [0.1, 0.15) is 31.8 Å². The van der Waals surface area contributed by atoms with Gasteiger partial charge < -0.3 is 9.46 Å². The Hall–Kier alpha value is -3.08. The molecule has 0 aliphatic rings. The lowest BCUT2D eigenvalue weighted by molar-refractivity contribution is 0.269. The van der Waals surface area contributed by atoms with Gasteiger partial charge in [-0.3, -0.25) is 0 Å². The number of aromatic nitrogens is 2. The molecule has 0 saturated carbocycles. The predicted octanol–water partition coefficient (Wildman–Crippen LogP) is 3.25. The highest BCUT2D eigenvalue weighted by atomic mass is 32.2. The van der Waals surface area contributed by atoms with E-state index in [1.165, 1.54) is 18.2 Å². The van der Waals surface area contributed by atoms with Gasteiger partial charge in [-0.2, -0.15) is 4.98 Å². The quantitative estimate of drug-likeness (QED) is 0.370. The van der Waals surface area contributed by atoms with Crippen molar-refractivity contribution in [1.29, 1.82) is 0 Å². The first kappa shape index (κ1) is 19.7. The topological polar surface area (TPSA) is 76.5 Å². The Morgan fingerprint density at radius 1 is 1.14 bits per heavy atom. The minimum Gasteiger partial charge on any atom is -0.458 e. The molecule has 1 aromatic heterocycles. The molecule has 0 amide bonds. The summed E-state index contributed by atoms with van der Waals surface area (Å²) in [6, 6.07) is 8.53. The summed E-state index contributed by atoms with van der Waals surface area (Å²) in [7, 11) is 1.56. The Balaban J connectivity index is 1.72. The van der Waals surface area contributed by atoms with Crippen LogP contribution in [0.2, 0.25) is 0 Å². The molecule has 28 heavy (non-hydrogen) atoms. The smallest absolute Gasteiger partial charge is 0.318 e. The molecule has 142 valence electrons. The Bertz CT molecular complexity index is 1000. The SMILES string of the molecule is Bc1cc(F)c(COc2ncc(F)c(NSc3ccccc3N=O)n2)c(F)c1. The molecule has 0 bridgehead atoms. The van der Waals surface area contributed by atoms with Gasteiger partial charge >= 0.3 is 6.01 Å². The number of benzene rings is 2. The maximum Gasteiger partial charge on any atom is 0.318 e. The van der Waals surface area contributed by atoms with Gasteiger partial charge in [0.2, 0.25) is 0 Å². The van der Waals surface area contributed by atoms with E-state index in [0.29, 0.717) is 10.4 Å². The first-order valence-electron chi connectivity index (χ1n) is 7.93. The first-order valence-corrected chi connectivity index (χ1v) is 8.74. The van der Waals surface area contributed by atoms with Crippen LogP contribution in [0.3, 0.4) is 0 Å². The van der Waals surface area contributed by atoms with Crippen molar-refractivity contribution in [2.45, 2.75) is 11.5 Å². The molecule has 0 atom stereocenters. The predicted molar refractivity (Wildman–Crippen MR) is 102 cm³/mol. The molecule has 0 fully saturated rings. The van der Waals surface area contributed by atoms with Crippen molar-refractivity contribution in [1.82, 2.24) is 9.97 Å². The molecule has 11 heteroatoms. The Kier molecular flexibility index (Phi) is 6.14. The fourth-order valence-corrected chi connectivity index (χ4v) is 2.92. The maximum atomic E-state index is 13.9. The number of hydrogen-bond acceptors (Lipinski definition) is 7. The summed E-state index contributed by atoms with van der Waals surface area (Å²) >= 11 is 0.919. The average molecular weight is 404 g/mol. The molecular formula is C17H12BF3N4O2S. The summed E-state index contributed by atoms with van der Waals surface area (Å²) < 4.78 is 49.5. The van der Waals surface area contributed by atoms with Crippen molar-refractivity contribution in [3.63, 3.8) is 0 Å². The van der Waals surface area contributed by atoms with Gasteiger partial charge in [0.05, 0.1) is 16.7 Å². The van der Waals surface area contributed by atoms with Crippen LogP contribution in [-0.2, 0) is 6.61 Å². The van der Waals surface area contributed by atoms with E-state index in [4.69, 9.17) is 4.74 Å². The van der Waals surface area contributed by atoms with Crippen molar-refractivity contribution in [3.05, 3.63) is 70.5 Å². The summed E-state index contributed by atoms with van der Waals surface area (Å²) in [5.74, 6) is -2.51. The minimum absolute atomic E-state index is 0.177. The fraction of sp³-hybridized carbons (Fsp3) is 0.0588. The lowest BCUT2D eigenvalue weighted by atomic mass is 9.94. The number of ether oxygens (including phenoxy) is 1. The van der Waals surface area contributed by atoms with Crippen LogP contribution in [0.25, 0.3) is 0 Å². The van der Waals surface area contributed by atoms with E-state index in [1.54, 1.807) is 26.0 Å². The lowest BCUT2D eigenvalue weighted by Gasteiger charge is -2.10. The highest BCUT2D eigenvalue weighted by Gasteiger charge is 2.14. The maximum absolute atomic E-state index is 13.9. The normalized spacial score (nSPS) is 10.5. The molecule has 6 nitrogen and oxygen atoms in total. The lowest BCUT2D eigenvalue weighted by Crippen LogP contribution is -2.11. The zero-order chi connectivity index (χ0) is 20.1. The van der Waals surface area contributed by atoms with Crippen LogP contribution < -0.4 is 14.9 Å². The van der Waals surface area contributed by atoms with Gasteiger partial charge in [-0.05, 0) is 41.4 Å². The van der Waals surface area contributed by atoms with Crippen LogP contribution >= 0.6 is 11.9 Å². The largest absolute Gasteiger partial charge is 0.458 e. The standard InChI is InChI=1S/C17H12BF3N4O2S/c18-9-5-11(19)10(12(20)6-9)8-27-17-22-7-13(21)16(23-17)25-28-15-4-2-1-3-14(15)24-26/h1-7H,8,18H2,(H,22,23,25). The molecule has 1 heterocycles. The van der Waals surface area contributed by atoms with Gasteiger partial charge in [-0.25, -0.2) is 18.2 Å². The zero-order valence-electron chi connectivity index (χ0n) is 14.4.